The Labute approximate surface area is 122 Å². The van der Waals surface area contributed by atoms with Gasteiger partial charge in [0, 0.05) is 12.1 Å². The number of hydrogen-bond donors (Lipinski definition) is 0. The zero-order valence-electron chi connectivity index (χ0n) is 11.6. The first-order valence-corrected chi connectivity index (χ1v) is 6.55. The van der Waals surface area contributed by atoms with Crippen molar-refractivity contribution in [1.82, 2.24) is 0 Å². The van der Waals surface area contributed by atoms with Crippen LogP contribution in [-0.2, 0) is 9.53 Å². The summed E-state index contributed by atoms with van der Waals surface area (Å²) in [6, 6.07) is 13.0. The summed E-state index contributed by atoms with van der Waals surface area (Å²) in [6.07, 6.45) is 2.99. The Balaban J connectivity index is 2.09. The Hall–Kier alpha value is -2.62. The van der Waals surface area contributed by atoms with Crippen LogP contribution in [0.4, 0.5) is 4.39 Å². The lowest BCUT2D eigenvalue weighted by molar-refractivity contribution is -0.137. The minimum Gasteiger partial charge on any atom is -0.463 e. The fourth-order valence-corrected chi connectivity index (χ4v) is 1.70. The van der Waals surface area contributed by atoms with E-state index in [1.807, 2.05) is 6.07 Å². The summed E-state index contributed by atoms with van der Waals surface area (Å²) in [5, 5.41) is 0. The van der Waals surface area contributed by atoms with Crippen LogP contribution in [0.3, 0.4) is 0 Å². The first-order valence-electron chi connectivity index (χ1n) is 6.55. The molecule has 0 aromatic heterocycles. The van der Waals surface area contributed by atoms with Crippen LogP contribution in [0.5, 0.6) is 11.5 Å². The molecule has 0 saturated carbocycles. The summed E-state index contributed by atoms with van der Waals surface area (Å²) in [7, 11) is 0. The van der Waals surface area contributed by atoms with Gasteiger partial charge in [-0.05, 0) is 42.8 Å². The maximum absolute atomic E-state index is 13.1. The minimum atomic E-state index is -0.394. The van der Waals surface area contributed by atoms with E-state index in [0.717, 1.165) is 5.56 Å². The van der Waals surface area contributed by atoms with Gasteiger partial charge in [0.2, 0.25) is 0 Å². The Morgan fingerprint density at radius 1 is 1.14 bits per heavy atom. The van der Waals surface area contributed by atoms with E-state index in [9.17, 15) is 9.18 Å². The normalized spacial score (nSPS) is 10.6. The topological polar surface area (TPSA) is 35.5 Å². The third-order valence-electron chi connectivity index (χ3n) is 2.59. The van der Waals surface area contributed by atoms with E-state index < -0.39 is 5.97 Å². The molecule has 3 nitrogen and oxygen atoms in total. The molecule has 0 heterocycles. The highest BCUT2D eigenvalue weighted by Crippen LogP contribution is 2.23. The van der Waals surface area contributed by atoms with E-state index in [4.69, 9.17) is 9.47 Å². The number of hydrogen-bond acceptors (Lipinski definition) is 3. The molecule has 0 aliphatic carbocycles. The predicted octanol–water partition coefficient (Wildman–Crippen LogP) is 4.19. The Bertz CT molecular complexity index is 650. The van der Waals surface area contributed by atoms with Gasteiger partial charge < -0.3 is 9.47 Å². The van der Waals surface area contributed by atoms with Crippen LogP contribution < -0.4 is 4.74 Å². The Morgan fingerprint density at radius 2 is 1.86 bits per heavy atom. The molecular formula is C17H15FO3. The molecule has 0 unspecified atom stereocenters. The van der Waals surface area contributed by atoms with E-state index in [1.54, 1.807) is 43.3 Å². The summed E-state index contributed by atoms with van der Waals surface area (Å²) >= 11 is 0. The molecule has 0 saturated heterocycles. The number of carbonyl (C=O) groups excluding carboxylic acids is 1. The SMILES string of the molecule is CCOC(=O)C=Cc1cccc(Oc2cccc(F)c2)c1. The van der Waals surface area contributed by atoms with Crippen LogP contribution in [-0.4, -0.2) is 12.6 Å². The summed E-state index contributed by atoms with van der Waals surface area (Å²) in [5.74, 6) is 0.230. The standard InChI is InChI=1S/C17H15FO3/c1-2-20-17(19)10-9-13-5-3-7-15(11-13)21-16-8-4-6-14(18)12-16/h3-12H,2H2,1H3. The first kappa shape index (κ1) is 14.8. The summed E-state index contributed by atoms with van der Waals surface area (Å²) < 4.78 is 23.5. The van der Waals surface area contributed by atoms with Crippen LogP contribution >= 0.6 is 0 Å². The van der Waals surface area contributed by atoms with Gasteiger partial charge in [0.15, 0.2) is 0 Å². The molecule has 0 bridgehead atoms. The van der Waals surface area contributed by atoms with E-state index >= 15 is 0 Å². The van der Waals surface area contributed by atoms with Crippen molar-refractivity contribution in [3.05, 3.63) is 66.0 Å². The van der Waals surface area contributed by atoms with Crippen molar-refractivity contribution in [2.45, 2.75) is 6.92 Å². The fraction of sp³-hybridized carbons (Fsp3) is 0.118. The predicted molar refractivity (Wildman–Crippen MR) is 78.6 cm³/mol. The molecule has 0 atom stereocenters. The van der Waals surface area contributed by atoms with Gasteiger partial charge in [-0.3, -0.25) is 0 Å². The third kappa shape index (κ3) is 4.76. The molecule has 0 spiro atoms. The quantitative estimate of drug-likeness (QED) is 0.610. The van der Waals surface area contributed by atoms with E-state index in [0.29, 0.717) is 18.1 Å². The van der Waals surface area contributed by atoms with Gasteiger partial charge in [-0.2, -0.15) is 0 Å². The van der Waals surface area contributed by atoms with Crippen molar-refractivity contribution in [1.29, 1.82) is 0 Å². The molecule has 0 aliphatic rings. The average molecular weight is 286 g/mol. The van der Waals surface area contributed by atoms with Crippen LogP contribution in [0.2, 0.25) is 0 Å². The zero-order valence-corrected chi connectivity index (χ0v) is 11.6. The highest BCUT2D eigenvalue weighted by atomic mass is 19.1. The molecule has 21 heavy (non-hydrogen) atoms. The van der Waals surface area contributed by atoms with Gasteiger partial charge in [-0.1, -0.05) is 18.2 Å². The number of halogens is 1. The van der Waals surface area contributed by atoms with Gasteiger partial charge in [-0.15, -0.1) is 0 Å². The maximum atomic E-state index is 13.1. The molecule has 2 aromatic carbocycles. The minimum absolute atomic E-state index is 0.339. The zero-order chi connectivity index (χ0) is 15.1. The van der Waals surface area contributed by atoms with Gasteiger partial charge in [0.1, 0.15) is 17.3 Å². The van der Waals surface area contributed by atoms with Gasteiger partial charge in [0.05, 0.1) is 6.61 Å². The number of esters is 1. The van der Waals surface area contributed by atoms with E-state index in [2.05, 4.69) is 0 Å². The van der Waals surface area contributed by atoms with Crippen molar-refractivity contribution in [2.24, 2.45) is 0 Å². The van der Waals surface area contributed by atoms with Crippen molar-refractivity contribution in [2.75, 3.05) is 6.61 Å². The molecule has 0 N–H and O–H groups in total. The molecule has 0 aliphatic heterocycles. The van der Waals surface area contributed by atoms with Gasteiger partial charge >= 0.3 is 5.97 Å². The number of carbonyl (C=O) groups is 1. The maximum Gasteiger partial charge on any atom is 0.330 e. The van der Waals surface area contributed by atoms with Crippen LogP contribution in [0.1, 0.15) is 12.5 Å². The van der Waals surface area contributed by atoms with Crippen LogP contribution in [0, 0.1) is 5.82 Å². The molecule has 0 fully saturated rings. The monoisotopic (exact) mass is 286 g/mol. The van der Waals surface area contributed by atoms with Crippen LogP contribution in [0.25, 0.3) is 6.08 Å². The smallest absolute Gasteiger partial charge is 0.330 e. The van der Waals surface area contributed by atoms with Crippen molar-refractivity contribution < 1.29 is 18.7 Å². The lowest BCUT2D eigenvalue weighted by atomic mass is 10.2. The molecule has 0 radical (unpaired) electrons. The molecule has 2 rings (SSSR count). The average Bonchev–Trinajstić information content (AvgIpc) is 2.46. The molecule has 0 amide bonds. The Morgan fingerprint density at radius 3 is 2.57 bits per heavy atom. The van der Waals surface area contributed by atoms with E-state index in [-0.39, 0.29) is 5.82 Å². The second-order valence-corrected chi connectivity index (χ2v) is 4.22. The Kier molecular flexibility index (Phi) is 5.10. The first-order chi connectivity index (χ1) is 10.2. The lowest BCUT2D eigenvalue weighted by Crippen LogP contribution is -1.98. The van der Waals surface area contributed by atoms with Crippen molar-refractivity contribution >= 4 is 12.0 Å². The number of rotatable bonds is 5. The summed E-state index contributed by atoms with van der Waals surface area (Å²) in [6.45, 7) is 2.09. The van der Waals surface area contributed by atoms with Gasteiger partial charge in [0.25, 0.3) is 0 Å². The molecule has 2 aromatic rings. The second kappa shape index (κ2) is 7.24. The highest BCUT2D eigenvalue weighted by molar-refractivity contribution is 5.87. The fourth-order valence-electron chi connectivity index (χ4n) is 1.70. The van der Waals surface area contributed by atoms with Crippen molar-refractivity contribution in [3.63, 3.8) is 0 Å². The third-order valence-corrected chi connectivity index (χ3v) is 2.59. The second-order valence-electron chi connectivity index (χ2n) is 4.22. The largest absolute Gasteiger partial charge is 0.463 e. The van der Waals surface area contributed by atoms with Crippen molar-refractivity contribution in [3.8, 4) is 11.5 Å². The number of benzene rings is 2. The molecule has 4 heteroatoms. The summed E-state index contributed by atoms with van der Waals surface area (Å²) in [4.78, 5) is 11.2. The highest BCUT2D eigenvalue weighted by Gasteiger charge is 2.00. The van der Waals surface area contributed by atoms with Gasteiger partial charge in [-0.25, -0.2) is 9.18 Å². The van der Waals surface area contributed by atoms with E-state index in [1.165, 1.54) is 18.2 Å². The summed E-state index contributed by atoms with van der Waals surface area (Å²) in [5.41, 5.74) is 0.789. The van der Waals surface area contributed by atoms with Crippen LogP contribution in [0.15, 0.2) is 54.6 Å². The number of ether oxygens (including phenoxy) is 2. The lowest BCUT2D eigenvalue weighted by Gasteiger charge is -2.06. The molecular weight excluding hydrogens is 271 g/mol. The molecule has 108 valence electrons.